The van der Waals surface area contributed by atoms with Crippen molar-refractivity contribution in [2.45, 2.75) is 39.5 Å². The molecule has 2 fully saturated rings. The molecule has 2 aliphatic heterocycles. The van der Waals surface area contributed by atoms with Crippen molar-refractivity contribution in [3.8, 4) is 0 Å². The molecule has 180 valence electrons. The first-order valence-electron chi connectivity index (χ1n) is 12.3. The van der Waals surface area contributed by atoms with E-state index in [0.29, 0.717) is 5.92 Å². The normalized spacial score (nSPS) is 22.2. The number of likely N-dealkylation sites (N-methyl/N-ethyl adjacent to an activating group) is 1. The Kier molecular flexibility index (Phi) is 10.2. The average molecular weight is 445 g/mol. The van der Waals surface area contributed by atoms with Crippen LogP contribution >= 0.6 is 0 Å². The van der Waals surface area contributed by atoms with Crippen LogP contribution in [0.1, 0.15) is 31.4 Å². The van der Waals surface area contributed by atoms with Gasteiger partial charge in [0.1, 0.15) is 0 Å². The van der Waals surface area contributed by atoms with Crippen molar-refractivity contribution in [3.05, 3.63) is 35.4 Å². The van der Waals surface area contributed by atoms with Crippen molar-refractivity contribution in [2.75, 3.05) is 73.1 Å². The Hall–Kier alpha value is -1.67. The fourth-order valence-corrected chi connectivity index (χ4v) is 4.48. The highest BCUT2D eigenvalue weighted by Crippen LogP contribution is 2.11. The minimum atomic E-state index is 0.208. The molecule has 7 heteroatoms. The van der Waals surface area contributed by atoms with Gasteiger partial charge in [0, 0.05) is 59.4 Å². The molecular weight excluding hydrogens is 400 g/mol. The Balaban J connectivity index is 1.39. The Bertz CT molecular complexity index is 692. The molecule has 0 bridgehead atoms. The van der Waals surface area contributed by atoms with Crippen molar-refractivity contribution in [1.29, 1.82) is 0 Å². The lowest BCUT2D eigenvalue weighted by Gasteiger charge is -2.34. The second-order valence-electron chi connectivity index (χ2n) is 9.70. The third-order valence-electron chi connectivity index (χ3n) is 6.27. The van der Waals surface area contributed by atoms with Crippen molar-refractivity contribution in [3.63, 3.8) is 0 Å². The molecule has 0 amide bonds. The van der Waals surface area contributed by atoms with Gasteiger partial charge in [-0.2, -0.15) is 0 Å². The van der Waals surface area contributed by atoms with Gasteiger partial charge in [-0.15, -0.1) is 0 Å². The molecule has 1 atom stereocenters. The van der Waals surface area contributed by atoms with E-state index in [9.17, 15) is 0 Å². The van der Waals surface area contributed by atoms with Gasteiger partial charge in [-0.05, 0) is 43.6 Å². The van der Waals surface area contributed by atoms with Gasteiger partial charge in [0.25, 0.3) is 0 Å². The summed E-state index contributed by atoms with van der Waals surface area (Å²) in [7, 11) is 4.04. The number of nitrogens with one attached hydrogen (secondary N) is 2. The molecular formula is C25H44N6O. The maximum Gasteiger partial charge on any atom is 0.191 e. The van der Waals surface area contributed by atoms with E-state index >= 15 is 0 Å². The molecule has 0 aromatic heterocycles. The van der Waals surface area contributed by atoms with E-state index in [1.807, 2.05) is 7.05 Å². The smallest absolute Gasteiger partial charge is 0.191 e. The van der Waals surface area contributed by atoms with E-state index < -0.39 is 0 Å². The standard InChI is InChI=1S/C25H44N6O/c1-21(2)18-31-14-15-32-24(20-31)17-28-25(26-3)27-16-22-6-8-23(9-7-22)19-30-11-5-10-29(4)12-13-30/h6-9,21,24H,5,10-20H2,1-4H3,(H2,26,27,28). The predicted molar refractivity (Wildman–Crippen MR) is 133 cm³/mol. The SMILES string of the molecule is CN=C(NCc1ccc(CN2CCCN(C)CC2)cc1)NCC1CN(CC(C)C)CCO1. The van der Waals surface area contributed by atoms with Gasteiger partial charge in [-0.3, -0.25) is 14.8 Å². The number of benzene rings is 1. The lowest BCUT2D eigenvalue weighted by atomic mass is 10.1. The van der Waals surface area contributed by atoms with E-state index in [1.165, 1.54) is 30.6 Å². The predicted octanol–water partition coefficient (Wildman–Crippen LogP) is 1.85. The van der Waals surface area contributed by atoms with E-state index in [-0.39, 0.29) is 6.10 Å². The van der Waals surface area contributed by atoms with Gasteiger partial charge in [0.2, 0.25) is 0 Å². The molecule has 1 aromatic carbocycles. The molecule has 0 radical (unpaired) electrons. The number of ether oxygens (including phenoxy) is 1. The molecule has 2 aliphatic rings. The van der Waals surface area contributed by atoms with Crippen molar-refractivity contribution in [1.82, 2.24) is 25.3 Å². The molecule has 2 saturated heterocycles. The van der Waals surface area contributed by atoms with Crippen molar-refractivity contribution in [2.24, 2.45) is 10.9 Å². The molecule has 1 unspecified atom stereocenters. The molecule has 2 heterocycles. The summed E-state index contributed by atoms with van der Waals surface area (Å²) < 4.78 is 5.94. The Morgan fingerprint density at radius 1 is 1.03 bits per heavy atom. The molecule has 3 rings (SSSR count). The molecule has 0 aliphatic carbocycles. The topological polar surface area (TPSA) is 55.4 Å². The highest BCUT2D eigenvalue weighted by Gasteiger charge is 2.21. The van der Waals surface area contributed by atoms with Crippen LogP contribution in [0.3, 0.4) is 0 Å². The Morgan fingerprint density at radius 3 is 2.56 bits per heavy atom. The van der Waals surface area contributed by atoms with E-state index in [1.54, 1.807) is 0 Å². The third-order valence-corrected chi connectivity index (χ3v) is 6.27. The molecule has 2 N–H and O–H groups in total. The van der Waals surface area contributed by atoms with Crippen LogP contribution in [0.2, 0.25) is 0 Å². The summed E-state index contributed by atoms with van der Waals surface area (Å²) in [6, 6.07) is 8.99. The lowest BCUT2D eigenvalue weighted by Crippen LogP contribution is -2.50. The number of morpholine rings is 1. The van der Waals surface area contributed by atoms with Gasteiger partial charge < -0.3 is 20.3 Å². The number of hydrogen-bond acceptors (Lipinski definition) is 5. The maximum absolute atomic E-state index is 5.94. The van der Waals surface area contributed by atoms with Gasteiger partial charge >= 0.3 is 0 Å². The Labute approximate surface area is 195 Å². The fraction of sp³-hybridized carbons (Fsp3) is 0.720. The quantitative estimate of drug-likeness (QED) is 0.471. The number of rotatable bonds is 8. The molecule has 0 saturated carbocycles. The largest absolute Gasteiger partial charge is 0.374 e. The molecule has 0 spiro atoms. The number of guanidine groups is 1. The summed E-state index contributed by atoms with van der Waals surface area (Å²) in [5, 5.41) is 6.87. The first-order valence-corrected chi connectivity index (χ1v) is 12.3. The monoisotopic (exact) mass is 444 g/mol. The lowest BCUT2D eigenvalue weighted by molar-refractivity contribution is -0.0284. The third kappa shape index (κ3) is 8.70. The summed E-state index contributed by atoms with van der Waals surface area (Å²) in [5.74, 6) is 1.51. The number of nitrogens with zero attached hydrogens (tertiary/aromatic N) is 4. The van der Waals surface area contributed by atoms with Crippen LogP contribution in [0.15, 0.2) is 29.3 Å². The first kappa shape index (κ1) is 25.0. The van der Waals surface area contributed by atoms with Crippen molar-refractivity contribution < 1.29 is 4.74 Å². The van der Waals surface area contributed by atoms with E-state index in [4.69, 9.17) is 4.74 Å². The molecule has 32 heavy (non-hydrogen) atoms. The van der Waals surface area contributed by atoms with Crippen LogP contribution in [-0.4, -0.2) is 99.8 Å². The number of hydrogen-bond donors (Lipinski definition) is 2. The highest BCUT2D eigenvalue weighted by atomic mass is 16.5. The highest BCUT2D eigenvalue weighted by molar-refractivity contribution is 5.79. The van der Waals surface area contributed by atoms with Crippen LogP contribution in [0.25, 0.3) is 0 Å². The summed E-state index contributed by atoms with van der Waals surface area (Å²) in [4.78, 5) is 11.9. The van der Waals surface area contributed by atoms with Crippen LogP contribution in [0, 0.1) is 5.92 Å². The van der Waals surface area contributed by atoms with Gasteiger partial charge in [-0.1, -0.05) is 38.1 Å². The zero-order valence-electron chi connectivity index (χ0n) is 20.6. The maximum atomic E-state index is 5.94. The summed E-state index contributed by atoms with van der Waals surface area (Å²) in [6.45, 7) is 15.8. The zero-order valence-corrected chi connectivity index (χ0v) is 20.6. The second-order valence-corrected chi connectivity index (χ2v) is 9.70. The Morgan fingerprint density at radius 2 is 1.81 bits per heavy atom. The zero-order chi connectivity index (χ0) is 22.8. The second kappa shape index (κ2) is 13.1. The van der Waals surface area contributed by atoms with Gasteiger partial charge in [-0.25, -0.2) is 0 Å². The summed E-state index contributed by atoms with van der Waals surface area (Å²) in [6.07, 6.45) is 1.46. The van der Waals surface area contributed by atoms with Crippen molar-refractivity contribution >= 4 is 5.96 Å². The molecule has 7 nitrogen and oxygen atoms in total. The van der Waals surface area contributed by atoms with Gasteiger partial charge in [0.05, 0.1) is 12.7 Å². The minimum Gasteiger partial charge on any atom is -0.374 e. The van der Waals surface area contributed by atoms with E-state index in [0.717, 1.165) is 64.9 Å². The van der Waals surface area contributed by atoms with Crippen LogP contribution in [0.4, 0.5) is 0 Å². The summed E-state index contributed by atoms with van der Waals surface area (Å²) in [5.41, 5.74) is 2.66. The molecule has 1 aromatic rings. The number of aliphatic imine (C=N–C) groups is 1. The minimum absolute atomic E-state index is 0.208. The first-order chi connectivity index (χ1) is 15.5. The fourth-order valence-electron chi connectivity index (χ4n) is 4.48. The van der Waals surface area contributed by atoms with Gasteiger partial charge in [0.15, 0.2) is 5.96 Å². The van der Waals surface area contributed by atoms with Crippen LogP contribution in [0.5, 0.6) is 0 Å². The van der Waals surface area contributed by atoms with E-state index in [2.05, 4.69) is 75.5 Å². The van der Waals surface area contributed by atoms with Crippen LogP contribution < -0.4 is 10.6 Å². The summed E-state index contributed by atoms with van der Waals surface area (Å²) >= 11 is 0. The van der Waals surface area contributed by atoms with Crippen LogP contribution in [-0.2, 0) is 17.8 Å². The average Bonchev–Trinajstić information content (AvgIpc) is 2.98.